The summed E-state index contributed by atoms with van der Waals surface area (Å²) in [4.78, 5) is 4.18. The molecule has 2 rings (SSSR count). The Labute approximate surface area is 60.2 Å². The molecule has 1 atom stereocenters. The second-order valence-corrected chi connectivity index (χ2v) is 2.68. The molecule has 0 N–H and O–H groups in total. The number of fused-ring (bicyclic) bond motifs is 1. The molecule has 2 heteroatoms. The largest absolute Gasteiger partial charge is 0.328 e. The van der Waals surface area contributed by atoms with Crippen LogP contribution in [-0.4, -0.2) is 9.55 Å². The van der Waals surface area contributed by atoms with Gasteiger partial charge in [0.15, 0.2) is 0 Å². The average Bonchev–Trinajstić information content (AvgIpc) is 2.36. The number of imidazole rings is 1. The van der Waals surface area contributed by atoms with Crippen molar-refractivity contribution in [3.05, 3.63) is 24.3 Å². The molecule has 0 amide bonds. The van der Waals surface area contributed by atoms with Crippen LogP contribution in [0.4, 0.5) is 0 Å². The predicted molar refractivity (Wildman–Crippen MR) is 40.6 cm³/mol. The molecule has 0 radical (unpaired) electrons. The van der Waals surface area contributed by atoms with Crippen LogP contribution in [0.15, 0.2) is 18.5 Å². The maximum atomic E-state index is 4.18. The van der Waals surface area contributed by atoms with Gasteiger partial charge in [0.2, 0.25) is 0 Å². The Kier molecular flexibility index (Phi) is 1.13. The van der Waals surface area contributed by atoms with Crippen LogP contribution < -0.4 is 0 Å². The molecular formula is C8H10N2. The van der Waals surface area contributed by atoms with E-state index < -0.39 is 0 Å². The van der Waals surface area contributed by atoms with Gasteiger partial charge in [-0.1, -0.05) is 6.08 Å². The summed E-state index contributed by atoms with van der Waals surface area (Å²) < 4.78 is 2.19. The molecular weight excluding hydrogens is 124 g/mol. The third kappa shape index (κ3) is 0.685. The lowest BCUT2D eigenvalue weighted by Crippen LogP contribution is -2.07. The molecule has 0 fully saturated rings. The van der Waals surface area contributed by atoms with Crippen LogP contribution in [0.2, 0.25) is 0 Å². The standard InChI is InChI=1S/C8H10N2/c1-7-3-2-4-8-9-5-6-10(7)8/h2,4-7H,3H2,1H3/t7-/m1/s1. The van der Waals surface area contributed by atoms with Gasteiger partial charge in [0.1, 0.15) is 5.82 Å². The minimum atomic E-state index is 0.586. The van der Waals surface area contributed by atoms with E-state index >= 15 is 0 Å². The highest BCUT2D eigenvalue weighted by molar-refractivity contribution is 5.42. The van der Waals surface area contributed by atoms with Gasteiger partial charge in [0, 0.05) is 18.4 Å². The quantitative estimate of drug-likeness (QED) is 0.529. The number of allylic oxidation sites excluding steroid dienone is 1. The number of nitrogens with zero attached hydrogens (tertiary/aromatic N) is 2. The second kappa shape index (κ2) is 1.97. The van der Waals surface area contributed by atoms with E-state index in [1.54, 1.807) is 0 Å². The number of rotatable bonds is 0. The monoisotopic (exact) mass is 134 g/mol. The van der Waals surface area contributed by atoms with E-state index in [0.29, 0.717) is 6.04 Å². The molecule has 1 aromatic heterocycles. The number of aromatic nitrogens is 2. The fourth-order valence-electron chi connectivity index (χ4n) is 1.31. The van der Waals surface area contributed by atoms with Crippen LogP contribution in [-0.2, 0) is 0 Å². The molecule has 2 heterocycles. The fraction of sp³-hybridized carbons (Fsp3) is 0.375. The molecule has 10 heavy (non-hydrogen) atoms. The van der Waals surface area contributed by atoms with Gasteiger partial charge in [-0.15, -0.1) is 0 Å². The Balaban J connectivity index is 2.52. The predicted octanol–water partition coefficient (Wildman–Crippen LogP) is 1.86. The van der Waals surface area contributed by atoms with Crippen LogP contribution in [0, 0.1) is 0 Å². The van der Waals surface area contributed by atoms with Gasteiger partial charge in [-0.3, -0.25) is 0 Å². The van der Waals surface area contributed by atoms with Crippen molar-refractivity contribution >= 4 is 6.08 Å². The lowest BCUT2D eigenvalue weighted by Gasteiger charge is -2.16. The molecule has 0 saturated heterocycles. The highest BCUT2D eigenvalue weighted by atomic mass is 15.1. The molecule has 0 unspecified atom stereocenters. The van der Waals surface area contributed by atoms with Crippen molar-refractivity contribution in [2.75, 3.05) is 0 Å². The van der Waals surface area contributed by atoms with Gasteiger partial charge in [0.05, 0.1) is 0 Å². The van der Waals surface area contributed by atoms with E-state index in [4.69, 9.17) is 0 Å². The second-order valence-electron chi connectivity index (χ2n) is 2.68. The van der Waals surface area contributed by atoms with E-state index in [9.17, 15) is 0 Å². The van der Waals surface area contributed by atoms with Crippen LogP contribution >= 0.6 is 0 Å². The number of hydrogen-bond acceptors (Lipinski definition) is 1. The summed E-state index contributed by atoms with van der Waals surface area (Å²) >= 11 is 0. The van der Waals surface area contributed by atoms with Gasteiger partial charge in [-0.25, -0.2) is 4.98 Å². The van der Waals surface area contributed by atoms with Crippen LogP contribution in [0.5, 0.6) is 0 Å². The van der Waals surface area contributed by atoms with E-state index in [1.807, 2.05) is 12.4 Å². The van der Waals surface area contributed by atoms with Crippen molar-refractivity contribution in [2.45, 2.75) is 19.4 Å². The summed E-state index contributed by atoms with van der Waals surface area (Å²) in [6, 6.07) is 0.586. The SMILES string of the molecule is C[C@@H]1CC=Cc2nccn21. The van der Waals surface area contributed by atoms with Crippen molar-refractivity contribution in [1.82, 2.24) is 9.55 Å². The molecule has 0 bridgehead atoms. The summed E-state index contributed by atoms with van der Waals surface area (Å²) in [7, 11) is 0. The molecule has 1 aliphatic rings. The third-order valence-corrected chi connectivity index (χ3v) is 1.92. The summed E-state index contributed by atoms with van der Waals surface area (Å²) in [5.41, 5.74) is 0. The first kappa shape index (κ1) is 5.71. The zero-order chi connectivity index (χ0) is 6.97. The summed E-state index contributed by atoms with van der Waals surface area (Å²) in [5.74, 6) is 1.08. The Morgan fingerprint density at radius 1 is 1.70 bits per heavy atom. The molecule has 0 aliphatic carbocycles. The van der Waals surface area contributed by atoms with Crippen molar-refractivity contribution in [3.8, 4) is 0 Å². The summed E-state index contributed by atoms with van der Waals surface area (Å²) in [6.07, 6.45) is 9.25. The average molecular weight is 134 g/mol. The number of hydrogen-bond donors (Lipinski definition) is 0. The first-order valence-electron chi connectivity index (χ1n) is 3.57. The van der Waals surface area contributed by atoms with Gasteiger partial charge < -0.3 is 4.57 Å². The minimum Gasteiger partial charge on any atom is -0.328 e. The zero-order valence-electron chi connectivity index (χ0n) is 5.99. The maximum absolute atomic E-state index is 4.18. The molecule has 1 aliphatic heterocycles. The van der Waals surface area contributed by atoms with Crippen molar-refractivity contribution in [2.24, 2.45) is 0 Å². The van der Waals surface area contributed by atoms with Crippen molar-refractivity contribution < 1.29 is 0 Å². The Hall–Kier alpha value is -1.05. The van der Waals surface area contributed by atoms with Gasteiger partial charge >= 0.3 is 0 Å². The summed E-state index contributed by atoms with van der Waals surface area (Å²) in [6.45, 7) is 2.20. The van der Waals surface area contributed by atoms with Crippen LogP contribution in [0.1, 0.15) is 25.2 Å². The first-order valence-corrected chi connectivity index (χ1v) is 3.57. The lowest BCUT2D eigenvalue weighted by atomic mass is 10.2. The molecule has 0 aromatic carbocycles. The van der Waals surface area contributed by atoms with E-state index in [0.717, 1.165) is 12.2 Å². The molecule has 0 saturated carbocycles. The van der Waals surface area contributed by atoms with E-state index in [1.165, 1.54) is 0 Å². The smallest absolute Gasteiger partial charge is 0.132 e. The van der Waals surface area contributed by atoms with Gasteiger partial charge in [-0.05, 0) is 19.4 Å². The molecule has 2 nitrogen and oxygen atoms in total. The molecule has 1 aromatic rings. The van der Waals surface area contributed by atoms with Crippen LogP contribution in [0.3, 0.4) is 0 Å². The zero-order valence-corrected chi connectivity index (χ0v) is 5.99. The summed E-state index contributed by atoms with van der Waals surface area (Å²) in [5, 5.41) is 0. The Bertz CT molecular complexity index is 260. The first-order chi connectivity index (χ1) is 4.88. The van der Waals surface area contributed by atoms with Crippen molar-refractivity contribution in [1.29, 1.82) is 0 Å². The Morgan fingerprint density at radius 3 is 3.40 bits per heavy atom. The third-order valence-electron chi connectivity index (χ3n) is 1.92. The van der Waals surface area contributed by atoms with Crippen LogP contribution in [0.25, 0.3) is 6.08 Å². The minimum absolute atomic E-state index is 0.586. The fourth-order valence-corrected chi connectivity index (χ4v) is 1.31. The van der Waals surface area contributed by atoms with Gasteiger partial charge in [0.25, 0.3) is 0 Å². The highest BCUT2D eigenvalue weighted by Gasteiger charge is 2.09. The van der Waals surface area contributed by atoms with Gasteiger partial charge in [-0.2, -0.15) is 0 Å². The maximum Gasteiger partial charge on any atom is 0.132 e. The molecule has 0 spiro atoms. The highest BCUT2D eigenvalue weighted by Crippen LogP contribution is 2.19. The Morgan fingerprint density at radius 2 is 2.60 bits per heavy atom. The topological polar surface area (TPSA) is 17.8 Å². The van der Waals surface area contributed by atoms with Crippen molar-refractivity contribution in [3.63, 3.8) is 0 Å². The lowest BCUT2D eigenvalue weighted by molar-refractivity contribution is 0.541. The normalized spacial score (nSPS) is 22.7. The van der Waals surface area contributed by atoms with E-state index in [-0.39, 0.29) is 0 Å². The van der Waals surface area contributed by atoms with E-state index in [2.05, 4.69) is 28.6 Å². The molecule has 52 valence electrons.